The predicted octanol–water partition coefficient (Wildman–Crippen LogP) is 6.21. The van der Waals surface area contributed by atoms with E-state index in [1.807, 2.05) is 56.3 Å². The van der Waals surface area contributed by atoms with Crippen LogP contribution in [-0.2, 0) is 0 Å². The zero-order valence-corrected chi connectivity index (χ0v) is 15.8. The summed E-state index contributed by atoms with van der Waals surface area (Å²) in [5.74, 6) is -0.989. The number of hydrogen-bond acceptors (Lipinski definition) is 2. The molecule has 0 spiro atoms. The van der Waals surface area contributed by atoms with Crippen LogP contribution >= 0.6 is 15.9 Å². The van der Waals surface area contributed by atoms with E-state index in [0.717, 1.165) is 15.6 Å². The van der Waals surface area contributed by atoms with Gasteiger partial charge in [-0.05, 0) is 35.4 Å². The van der Waals surface area contributed by atoms with Gasteiger partial charge in [-0.2, -0.15) is 0 Å². The molecular weight excluding hydrogens is 376 g/mol. The van der Waals surface area contributed by atoms with Crippen LogP contribution in [0.2, 0.25) is 0 Å². The van der Waals surface area contributed by atoms with Gasteiger partial charge in [-0.25, -0.2) is 0 Å². The summed E-state index contributed by atoms with van der Waals surface area (Å²) in [7, 11) is 0. The van der Waals surface area contributed by atoms with Crippen molar-refractivity contribution in [2.24, 2.45) is 0 Å². The zero-order chi connectivity index (χ0) is 18.2. The van der Waals surface area contributed by atoms with Crippen molar-refractivity contribution >= 4 is 27.5 Å². The largest absolute Gasteiger partial charge is 0.285 e. The lowest BCUT2D eigenvalue weighted by Gasteiger charge is -2.04. The summed E-state index contributed by atoms with van der Waals surface area (Å²) >= 11 is 3.31. The Hall–Kier alpha value is -2.52. The van der Waals surface area contributed by atoms with Gasteiger partial charge in [0.1, 0.15) is 0 Å². The zero-order valence-electron chi connectivity index (χ0n) is 14.2. The Morgan fingerprint density at radius 1 is 0.600 bits per heavy atom. The van der Waals surface area contributed by atoms with E-state index in [-0.39, 0.29) is 0 Å². The number of carbonyl (C=O) groups excluding carboxylic acids is 2. The molecule has 3 aromatic carbocycles. The summed E-state index contributed by atoms with van der Waals surface area (Å²) in [5, 5.41) is 0. The minimum atomic E-state index is -0.495. The Balaban J connectivity index is 0.00000109. The number of ketones is 2. The lowest BCUT2D eigenvalue weighted by Crippen LogP contribution is -2.14. The van der Waals surface area contributed by atoms with Crippen LogP contribution in [-0.4, -0.2) is 11.6 Å². The van der Waals surface area contributed by atoms with Crippen LogP contribution in [0.25, 0.3) is 11.1 Å². The fourth-order valence-electron chi connectivity index (χ4n) is 2.31. The van der Waals surface area contributed by atoms with E-state index < -0.39 is 11.6 Å². The van der Waals surface area contributed by atoms with Crippen molar-refractivity contribution in [2.45, 2.75) is 13.8 Å². The van der Waals surface area contributed by atoms with Gasteiger partial charge < -0.3 is 0 Å². The second kappa shape index (κ2) is 9.09. The molecule has 0 N–H and O–H groups in total. The second-order valence-corrected chi connectivity index (χ2v) is 6.02. The van der Waals surface area contributed by atoms with Crippen LogP contribution in [0.5, 0.6) is 0 Å². The lowest BCUT2D eigenvalue weighted by molar-refractivity contribution is 0.0817. The minimum absolute atomic E-state index is 0.394. The number of halogens is 1. The highest BCUT2D eigenvalue weighted by Gasteiger charge is 2.18. The maximum atomic E-state index is 12.3. The predicted molar refractivity (Wildman–Crippen MR) is 106 cm³/mol. The van der Waals surface area contributed by atoms with E-state index in [9.17, 15) is 9.59 Å². The van der Waals surface area contributed by atoms with Crippen molar-refractivity contribution in [3.8, 4) is 11.1 Å². The van der Waals surface area contributed by atoms with Gasteiger partial charge in [-0.15, -0.1) is 0 Å². The molecule has 0 bridgehead atoms. The molecule has 2 nitrogen and oxygen atoms in total. The third-order valence-electron chi connectivity index (χ3n) is 3.57. The molecule has 0 unspecified atom stereocenters. The van der Waals surface area contributed by atoms with Crippen LogP contribution < -0.4 is 0 Å². The van der Waals surface area contributed by atoms with Gasteiger partial charge in [-0.3, -0.25) is 9.59 Å². The van der Waals surface area contributed by atoms with Crippen LogP contribution in [0.1, 0.15) is 34.6 Å². The Labute approximate surface area is 156 Å². The third-order valence-corrected chi connectivity index (χ3v) is 4.10. The van der Waals surface area contributed by atoms with Crippen LogP contribution in [0, 0.1) is 0 Å². The van der Waals surface area contributed by atoms with Crippen LogP contribution in [0.3, 0.4) is 0 Å². The molecule has 3 rings (SSSR count). The number of hydrogen-bond donors (Lipinski definition) is 0. The summed E-state index contributed by atoms with van der Waals surface area (Å²) in [4.78, 5) is 24.6. The minimum Gasteiger partial charge on any atom is -0.285 e. The maximum Gasteiger partial charge on any atom is 0.233 e. The molecule has 0 aliphatic rings. The lowest BCUT2D eigenvalue weighted by atomic mass is 9.99. The molecule has 0 atom stereocenters. The van der Waals surface area contributed by atoms with E-state index in [2.05, 4.69) is 15.9 Å². The summed E-state index contributed by atoms with van der Waals surface area (Å²) in [6.45, 7) is 4.00. The molecule has 0 aromatic heterocycles. The van der Waals surface area contributed by atoms with Crippen molar-refractivity contribution in [3.63, 3.8) is 0 Å². The van der Waals surface area contributed by atoms with Gasteiger partial charge in [0.25, 0.3) is 0 Å². The van der Waals surface area contributed by atoms with Gasteiger partial charge in [0.2, 0.25) is 11.6 Å². The van der Waals surface area contributed by atoms with E-state index in [1.54, 1.807) is 36.4 Å². The third kappa shape index (κ3) is 4.74. The molecule has 25 heavy (non-hydrogen) atoms. The Morgan fingerprint density at radius 2 is 1.00 bits per heavy atom. The molecule has 3 heteroatoms. The summed E-state index contributed by atoms with van der Waals surface area (Å²) in [5.41, 5.74) is 2.88. The van der Waals surface area contributed by atoms with Crippen molar-refractivity contribution < 1.29 is 9.59 Å². The highest BCUT2D eigenvalue weighted by molar-refractivity contribution is 9.10. The van der Waals surface area contributed by atoms with Crippen molar-refractivity contribution in [2.75, 3.05) is 0 Å². The first-order valence-corrected chi connectivity index (χ1v) is 8.94. The van der Waals surface area contributed by atoms with E-state index >= 15 is 0 Å². The fraction of sp³-hybridized carbons (Fsp3) is 0.0909. The van der Waals surface area contributed by atoms with Crippen LogP contribution in [0.15, 0.2) is 83.3 Å². The number of rotatable bonds is 4. The average Bonchev–Trinajstić information content (AvgIpc) is 2.70. The number of benzene rings is 3. The molecule has 0 radical (unpaired) electrons. The molecule has 3 aromatic rings. The standard InChI is InChI=1S/C20H13BrO2.C2H6/c21-18-12-10-17(11-13-18)20(23)19(22)16-8-6-15(7-9-16)14-4-2-1-3-5-14;1-2/h1-13H;1-2H3. The highest BCUT2D eigenvalue weighted by atomic mass is 79.9. The maximum absolute atomic E-state index is 12.3. The average molecular weight is 395 g/mol. The molecule has 0 saturated heterocycles. The van der Waals surface area contributed by atoms with Gasteiger partial charge in [0, 0.05) is 15.6 Å². The van der Waals surface area contributed by atoms with E-state index in [4.69, 9.17) is 0 Å². The molecule has 126 valence electrons. The van der Waals surface area contributed by atoms with Crippen molar-refractivity contribution in [1.29, 1.82) is 0 Å². The van der Waals surface area contributed by atoms with Gasteiger partial charge in [0.15, 0.2) is 0 Å². The van der Waals surface area contributed by atoms with E-state index in [0.29, 0.717) is 11.1 Å². The molecule has 0 heterocycles. The fourth-order valence-corrected chi connectivity index (χ4v) is 2.57. The molecule has 0 fully saturated rings. The molecule has 0 amide bonds. The molecule has 0 aliphatic heterocycles. The first-order valence-electron chi connectivity index (χ1n) is 8.15. The van der Waals surface area contributed by atoms with Crippen molar-refractivity contribution in [3.05, 3.63) is 94.5 Å². The summed E-state index contributed by atoms with van der Waals surface area (Å²) in [6.07, 6.45) is 0. The Morgan fingerprint density at radius 3 is 1.48 bits per heavy atom. The molecule has 0 aliphatic carbocycles. The highest BCUT2D eigenvalue weighted by Crippen LogP contribution is 2.20. The topological polar surface area (TPSA) is 34.1 Å². The first kappa shape index (κ1) is 18.8. The van der Waals surface area contributed by atoms with Crippen molar-refractivity contribution in [1.82, 2.24) is 0 Å². The van der Waals surface area contributed by atoms with Crippen LogP contribution in [0.4, 0.5) is 0 Å². The second-order valence-electron chi connectivity index (χ2n) is 5.11. The molecular formula is C22H19BrO2. The van der Waals surface area contributed by atoms with E-state index in [1.165, 1.54) is 0 Å². The SMILES string of the molecule is CC.O=C(C(=O)c1ccc(-c2ccccc2)cc1)c1ccc(Br)cc1. The Bertz CT molecular complexity index is 835. The quantitative estimate of drug-likeness (QED) is 0.389. The number of carbonyl (C=O) groups is 2. The van der Waals surface area contributed by atoms with Gasteiger partial charge in [-0.1, -0.05) is 84.4 Å². The van der Waals surface area contributed by atoms with Gasteiger partial charge in [0.05, 0.1) is 0 Å². The monoisotopic (exact) mass is 394 g/mol. The normalized spacial score (nSPS) is 9.72. The number of Topliss-reactive ketones (excluding diaryl/α,β-unsaturated/α-hetero) is 2. The smallest absolute Gasteiger partial charge is 0.233 e. The Kier molecular flexibility index (Phi) is 6.84. The van der Waals surface area contributed by atoms with Gasteiger partial charge >= 0.3 is 0 Å². The summed E-state index contributed by atoms with van der Waals surface area (Å²) < 4.78 is 0.869. The molecule has 0 saturated carbocycles. The first-order chi connectivity index (χ1) is 12.1. The summed E-state index contributed by atoms with van der Waals surface area (Å²) in [6, 6.07) is 23.8.